The molecule has 1 heterocycles. The number of amides is 2. The van der Waals surface area contributed by atoms with Crippen molar-refractivity contribution in [3.63, 3.8) is 0 Å². The number of aryl methyl sites for hydroxylation is 2. The van der Waals surface area contributed by atoms with Crippen molar-refractivity contribution in [3.05, 3.63) is 104 Å². The molecule has 1 saturated heterocycles. The highest BCUT2D eigenvalue weighted by Gasteiger charge is 2.41. The van der Waals surface area contributed by atoms with Gasteiger partial charge >= 0.3 is 0 Å². The highest BCUT2D eigenvalue weighted by Crippen LogP contribution is 2.43. The molecule has 1 aliphatic heterocycles. The predicted octanol–water partition coefficient (Wildman–Crippen LogP) is 6.68. The molecular weight excluding hydrogens is 501 g/mol. The van der Waals surface area contributed by atoms with Crippen LogP contribution in [0.2, 0.25) is 10.0 Å². The molecule has 1 N–H and O–H groups in total. The van der Waals surface area contributed by atoms with E-state index in [4.69, 9.17) is 23.2 Å². The molecule has 8 heteroatoms. The molecule has 1 aliphatic rings. The number of nitrogens with one attached hydrogen (secondary N) is 1. The van der Waals surface area contributed by atoms with E-state index in [-0.39, 0.29) is 11.5 Å². The van der Waals surface area contributed by atoms with E-state index in [0.29, 0.717) is 32.9 Å². The van der Waals surface area contributed by atoms with Crippen LogP contribution in [-0.2, 0) is 16.0 Å². The maximum absolute atomic E-state index is 13.7. The molecule has 0 unspecified atom stereocenters. The number of benzene rings is 3. The number of carbonyl (C=O) groups excluding carboxylic acids is 2. The lowest BCUT2D eigenvalue weighted by molar-refractivity contribution is -0.117. The van der Waals surface area contributed by atoms with Crippen LogP contribution in [0.3, 0.4) is 0 Å². The third-order valence-electron chi connectivity index (χ3n) is 5.69. The van der Waals surface area contributed by atoms with Gasteiger partial charge in [-0.3, -0.25) is 14.5 Å². The van der Waals surface area contributed by atoms with E-state index < -0.39 is 11.2 Å². The van der Waals surface area contributed by atoms with E-state index in [2.05, 4.69) is 5.32 Å². The number of carbonyl (C=O) groups is 2. The Morgan fingerprint density at radius 1 is 1.03 bits per heavy atom. The zero-order valence-electron chi connectivity index (χ0n) is 19.0. The fourth-order valence-corrected chi connectivity index (χ4v) is 5.51. The molecule has 2 amide bonds. The second kappa shape index (κ2) is 10.6. The van der Waals surface area contributed by atoms with Crippen LogP contribution in [0.5, 0.6) is 0 Å². The first-order valence-electron chi connectivity index (χ1n) is 10.8. The van der Waals surface area contributed by atoms with Crippen LogP contribution in [0, 0.1) is 25.2 Å². The molecule has 1 atom stereocenters. The lowest BCUT2D eigenvalue weighted by atomic mass is 10.1. The minimum atomic E-state index is -0.588. The highest BCUT2D eigenvalue weighted by molar-refractivity contribution is 8.05. The Bertz CT molecular complexity index is 1400. The Hall–Kier alpha value is -3.24. The van der Waals surface area contributed by atoms with Crippen LogP contribution in [0.15, 0.2) is 77.3 Å². The van der Waals surface area contributed by atoms with Gasteiger partial charge in [0.2, 0.25) is 5.91 Å². The van der Waals surface area contributed by atoms with Gasteiger partial charge < -0.3 is 5.32 Å². The molecule has 0 aromatic heterocycles. The number of hydrogen-bond donors (Lipinski definition) is 1. The number of nitrogens with zero attached hydrogens (tertiary/aromatic N) is 2. The Labute approximate surface area is 218 Å². The number of nitriles is 1. The Kier molecular flexibility index (Phi) is 7.51. The number of hydrogen-bond acceptors (Lipinski definition) is 4. The summed E-state index contributed by atoms with van der Waals surface area (Å²) in [4.78, 5) is 28.4. The molecule has 0 radical (unpaired) electrons. The van der Waals surface area contributed by atoms with E-state index in [1.165, 1.54) is 16.7 Å². The van der Waals surface area contributed by atoms with Crippen LogP contribution in [0.4, 0.5) is 11.4 Å². The molecule has 0 aliphatic carbocycles. The van der Waals surface area contributed by atoms with E-state index in [1.807, 2.05) is 56.3 Å². The number of para-hydroxylation sites is 2. The normalized spacial score (nSPS) is 16.7. The van der Waals surface area contributed by atoms with Gasteiger partial charge in [-0.1, -0.05) is 83.5 Å². The summed E-state index contributed by atoms with van der Waals surface area (Å²) >= 11 is 13.7. The van der Waals surface area contributed by atoms with Crippen molar-refractivity contribution in [2.75, 3.05) is 10.2 Å². The zero-order chi connectivity index (χ0) is 25.1. The van der Waals surface area contributed by atoms with Crippen molar-refractivity contribution in [1.82, 2.24) is 0 Å². The van der Waals surface area contributed by atoms with Gasteiger partial charge in [-0.15, -0.1) is 0 Å². The summed E-state index contributed by atoms with van der Waals surface area (Å²) in [5, 5.41) is 13.3. The maximum Gasteiger partial charge on any atom is 0.269 e. The summed E-state index contributed by atoms with van der Waals surface area (Å²) in [7, 11) is 0. The van der Waals surface area contributed by atoms with Gasteiger partial charge in [-0.25, -0.2) is 0 Å². The second-order valence-corrected chi connectivity index (χ2v) is 10.0. The molecule has 3 aromatic rings. The van der Waals surface area contributed by atoms with Gasteiger partial charge in [0, 0.05) is 5.69 Å². The number of anilines is 2. The number of halogens is 2. The largest absolute Gasteiger partial charge is 0.321 e. The summed E-state index contributed by atoms with van der Waals surface area (Å²) in [6.45, 7) is 3.75. The molecule has 176 valence electrons. The molecule has 1 fully saturated rings. The third-order valence-corrected chi connectivity index (χ3v) is 7.81. The van der Waals surface area contributed by atoms with Crippen LogP contribution in [0.1, 0.15) is 16.7 Å². The van der Waals surface area contributed by atoms with E-state index in [0.717, 1.165) is 16.7 Å². The van der Waals surface area contributed by atoms with E-state index >= 15 is 0 Å². The minimum absolute atomic E-state index is 0.130. The fraction of sp³-hybridized carbons (Fsp3) is 0.148. The highest BCUT2D eigenvalue weighted by atomic mass is 35.5. The second-order valence-electron chi connectivity index (χ2n) is 8.04. The number of rotatable bonds is 5. The van der Waals surface area contributed by atoms with Crippen molar-refractivity contribution in [2.45, 2.75) is 25.5 Å². The molecule has 4 rings (SSSR count). The third kappa shape index (κ3) is 5.08. The van der Waals surface area contributed by atoms with Crippen molar-refractivity contribution in [2.24, 2.45) is 0 Å². The van der Waals surface area contributed by atoms with Gasteiger partial charge in [0.1, 0.15) is 16.7 Å². The SMILES string of the molecule is Cc1ccccc1NC(=O)/C(C#N)=C1\S[C@H](Cc2cccc(Cl)c2Cl)C(=O)N1c1ccccc1C. The van der Waals surface area contributed by atoms with Crippen LogP contribution in [0.25, 0.3) is 0 Å². The summed E-state index contributed by atoms with van der Waals surface area (Å²) < 4.78 is 0. The monoisotopic (exact) mass is 521 g/mol. The molecule has 0 spiro atoms. The molecule has 5 nitrogen and oxygen atoms in total. The smallest absolute Gasteiger partial charge is 0.269 e. The summed E-state index contributed by atoms with van der Waals surface area (Å²) in [5.41, 5.74) is 3.52. The first-order chi connectivity index (χ1) is 16.8. The van der Waals surface area contributed by atoms with Gasteiger partial charge in [-0.05, 0) is 55.2 Å². The lowest BCUT2D eigenvalue weighted by Gasteiger charge is -2.21. The summed E-state index contributed by atoms with van der Waals surface area (Å²) in [6, 6.07) is 22.0. The van der Waals surface area contributed by atoms with E-state index in [9.17, 15) is 14.9 Å². The zero-order valence-corrected chi connectivity index (χ0v) is 21.3. The van der Waals surface area contributed by atoms with Crippen LogP contribution < -0.4 is 10.2 Å². The topological polar surface area (TPSA) is 73.2 Å². The summed E-state index contributed by atoms with van der Waals surface area (Å²) in [6.07, 6.45) is 0.299. The van der Waals surface area contributed by atoms with E-state index in [1.54, 1.807) is 30.3 Å². The average molecular weight is 522 g/mol. The molecule has 0 bridgehead atoms. The number of thioether (sulfide) groups is 1. The molecule has 35 heavy (non-hydrogen) atoms. The van der Waals surface area contributed by atoms with Gasteiger partial charge in [-0.2, -0.15) is 5.26 Å². The standard InChI is InChI=1S/C27H21Cl2N3O2S/c1-16-8-3-5-12-21(16)31-25(33)19(15-30)27-32(22-13-6-4-9-17(22)2)26(34)23(35-27)14-18-10-7-11-20(28)24(18)29/h3-13,23H,14H2,1-2H3,(H,31,33)/b27-19-/t23-/m1/s1. The van der Waals surface area contributed by atoms with Crippen molar-refractivity contribution in [1.29, 1.82) is 5.26 Å². The average Bonchev–Trinajstić information content (AvgIpc) is 3.14. The predicted molar refractivity (Wildman–Crippen MR) is 143 cm³/mol. The van der Waals surface area contributed by atoms with Crippen molar-refractivity contribution >= 4 is 58.2 Å². The van der Waals surface area contributed by atoms with Crippen molar-refractivity contribution < 1.29 is 9.59 Å². The molecule has 0 saturated carbocycles. The Balaban J connectivity index is 1.77. The fourth-order valence-electron chi connectivity index (χ4n) is 3.82. The van der Waals surface area contributed by atoms with Gasteiger partial charge in [0.05, 0.1) is 21.0 Å². The van der Waals surface area contributed by atoms with Crippen molar-refractivity contribution in [3.8, 4) is 6.07 Å². The molecule has 3 aromatic carbocycles. The van der Waals surface area contributed by atoms with Gasteiger partial charge in [0.15, 0.2) is 0 Å². The first kappa shape index (κ1) is 24.9. The Morgan fingerprint density at radius 3 is 2.40 bits per heavy atom. The van der Waals surface area contributed by atoms with Crippen LogP contribution in [-0.4, -0.2) is 17.1 Å². The van der Waals surface area contributed by atoms with Crippen LogP contribution >= 0.6 is 35.0 Å². The molecular formula is C27H21Cl2N3O2S. The summed E-state index contributed by atoms with van der Waals surface area (Å²) in [5.74, 6) is -0.802. The van der Waals surface area contributed by atoms with Gasteiger partial charge in [0.25, 0.3) is 5.91 Å². The lowest BCUT2D eigenvalue weighted by Crippen LogP contribution is -2.31. The quantitative estimate of drug-likeness (QED) is 0.300. The minimum Gasteiger partial charge on any atom is -0.321 e. The first-order valence-corrected chi connectivity index (χ1v) is 12.5. The maximum atomic E-state index is 13.7. The Morgan fingerprint density at radius 2 is 1.71 bits per heavy atom.